The molecule has 0 fully saturated rings. The van der Waals surface area contributed by atoms with E-state index in [1.807, 2.05) is 18.2 Å². The fourth-order valence-electron chi connectivity index (χ4n) is 5.07. The van der Waals surface area contributed by atoms with Gasteiger partial charge in [0.25, 0.3) is 8.32 Å². The minimum atomic E-state index is -2.68. The Kier molecular flexibility index (Phi) is 11.0. The molecule has 1 aromatic heterocycles. The quantitative estimate of drug-likeness (QED) is 0.127. The van der Waals surface area contributed by atoms with E-state index < -0.39 is 8.32 Å². The Balaban J connectivity index is 1.99. The number of benzene rings is 2. The summed E-state index contributed by atoms with van der Waals surface area (Å²) in [5, 5.41) is 2.49. The van der Waals surface area contributed by atoms with Crippen molar-refractivity contribution in [2.45, 2.75) is 83.8 Å². The summed E-state index contributed by atoms with van der Waals surface area (Å²) in [6.07, 6.45) is 13.4. The van der Waals surface area contributed by atoms with Gasteiger partial charge in [-0.15, -0.1) is 0 Å². The topological polar surface area (TPSA) is 39.2 Å². The Morgan fingerprint density at radius 3 is 1.92 bits per heavy atom. The van der Waals surface area contributed by atoms with Crippen LogP contribution in [-0.4, -0.2) is 25.7 Å². The molecule has 3 aromatic rings. The van der Waals surface area contributed by atoms with Crippen LogP contribution >= 0.6 is 0 Å². The van der Waals surface area contributed by atoms with E-state index >= 15 is 0 Å². The average molecular weight is 514 g/mol. The van der Waals surface area contributed by atoms with Gasteiger partial charge < -0.3 is 4.43 Å². The van der Waals surface area contributed by atoms with Gasteiger partial charge in [-0.25, -0.2) is 4.98 Å². The summed E-state index contributed by atoms with van der Waals surface area (Å²) in [6, 6.07) is 27.2. The van der Waals surface area contributed by atoms with Crippen molar-refractivity contribution in [2.24, 2.45) is 0 Å². The largest absolute Gasteiger partial charge is 0.401 e. The number of carbonyl (C=O) groups is 1. The molecule has 3 nitrogen and oxygen atoms in total. The molecule has 2 aromatic carbocycles. The number of hydrogen-bond donors (Lipinski definition) is 0. The van der Waals surface area contributed by atoms with E-state index in [1.165, 1.54) is 42.5 Å². The predicted molar refractivity (Wildman–Crippen MR) is 159 cm³/mol. The summed E-state index contributed by atoms with van der Waals surface area (Å²) >= 11 is 0. The van der Waals surface area contributed by atoms with Crippen LogP contribution in [0.2, 0.25) is 5.04 Å². The van der Waals surface area contributed by atoms with Gasteiger partial charge in [0.05, 0.1) is 11.8 Å². The molecule has 0 bridgehead atoms. The third-order valence-electron chi connectivity index (χ3n) is 6.98. The van der Waals surface area contributed by atoms with E-state index in [0.717, 1.165) is 24.8 Å². The number of rotatable bonds is 14. The Bertz CT molecular complexity index is 1070. The Labute approximate surface area is 225 Å². The molecule has 0 saturated heterocycles. The van der Waals surface area contributed by atoms with Gasteiger partial charge >= 0.3 is 0 Å². The lowest BCUT2D eigenvalue weighted by molar-refractivity contribution is 0.111. The minimum Gasteiger partial charge on any atom is -0.401 e. The highest BCUT2D eigenvalue weighted by Gasteiger charge is 2.51. The minimum absolute atomic E-state index is 0.0563. The molecule has 0 aliphatic rings. The lowest BCUT2D eigenvalue weighted by Gasteiger charge is -2.45. The molecule has 4 heteroatoms. The van der Waals surface area contributed by atoms with Gasteiger partial charge in [0, 0.05) is 0 Å². The third-order valence-corrected chi connectivity index (χ3v) is 12.0. The van der Waals surface area contributed by atoms with Crippen molar-refractivity contribution in [1.82, 2.24) is 4.98 Å². The van der Waals surface area contributed by atoms with Crippen molar-refractivity contribution in [2.75, 3.05) is 0 Å². The lowest BCUT2D eigenvalue weighted by atomic mass is 10.1. The van der Waals surface area contributed by atoms with Crippen LogP contribution in [0.25, 0.3) is 6.08 Å². The first kappa shape index (κ1) is 28.7. The van der Waals surface area contributed by atoms with Crippen molar-refractivity contribution < 1.29 is 9.22 Å². The second-order valence-electron chi connectivity index (χ2n) is 10.8. The van der Waals surface area contributed by atoms with E-state index in [4.69, 9.17) is 4.43 Å². The number of hydrogen-bond acceptors (Lipinski definition) is 3. The second-order valence-corrected chi connectivity index (χ2v) is 15.1. The van der Waals surface area contributed by atoms with Crippen LogP contribution in [0.1, 0.15) is 88.8 Å². The molecule has 0 N–H and O–H groups in total. The maximum atomic E-state index is 11.3. The molecule has 0 radical (unpaired) electrons. The van der Waals surface area contributed by atoms with Crippen molar-refractivity contribution >= 4 is 31.1 Å². The van der Waals surface area contributed by atoms with Crippen molar-refractivity contribution in [3.63, 3.8) is 0 Å². The monoisotopic (exact) mass is 513 g/mol. The Morgan fingerprint density at radius 2 is 1.35 bits per heavy atom. The van der Waals surface area contributed by atoms with Crippen LogP contribution in [0.4, 0.5) is 0 Å². The summed E-state index contributed by atoms with van der Waals surface area (Å²) in [6.45, 7) is 9.21. The molecule has 0 saturated carbocycles. The molecule has 1 unspecified atom stereocenters. The van der Waals surface area contributed by atoms with Crippen molar-refractivity contribution in [1.29, 1.82) is 0 Å². The number of aromatic nitrogens is 1. The molecule has 0 spiro atoms. The van der Waals surface area contributed by atoms with E-state index in [9.17, 15) is 4.79 Å². The zero-order valence-corrected chi connectivity index (χ0v) is 24.0. The number of pyridine rings is 1. The lowest BCUT2D eigenvalue weighted by Crippen LogP contribution is -2.67. The predicted octanol–water partition coefficient (Wildman–Crippen LogP) is 7.60. The molecule has 3 rings (SSSR count). The summed E-state index contributed by atoms with van der Waals surface area (Å²) in [5.41, 5.74) is 1.23. The molecule has 1 heterocycles. The maximum Gasteiger partial charge on any atom is 0.261 e. The van der Waals surface area contributed by atoms with Crippen LogP contribution in [-0.2, 0) is 4.43 Å². The number of aldehydes is 1. The Hall–Kier alpha value is -2.82. The highest BCUT2D eigenvalue weighted by Crippen LogP contribution is 2.38. The van der Waals surface area contributed by atoms with Crippen molar-refractivity contribution in [3.05, 3.63) is 96.3 Å². The fourth-order valence-corrected chi connectivity index (χ4v) is 9.74. The van der Waals surface area contributed by atoms with Crippen LogP contribution in [0, 0.1) is 0 Å². The smallest absolute Gasteiger partial charge is 0.261 e. The van der Waals surface area contributed by atoms with Gasteiger partial charge in [-0.05, 0) is 40.0 Å². The van der Waals surface area contributed by atoms with E-state index in [0.29, 0.717) is 5.69 Å². The zero-order valence-electron chi connectivity index (χ0n) is 23.0. The first-order valence-corrected chi connectivity index (χ1v) is 15.7. The molecular weight excluding hydrogens is 470 g/mol. The second kappa shape index (κ2) is 14.2. The van der Waals surface area contributed by atoms with Crippen molar-refractivity contribution in [3.8, 4) is 0 Å². The van der Waals surface area contributed by atoms with Crippen LogP contribution in [0.15, 0.2) is 84.9 Å². The number of carbonyl (C=O) groups excluding carboxylic acids is 1. The molecule has 196 valence electrons. The first-order valence-electron chi connectivity index (χ1n) is 13.8. The summed E-state index contributed by atoms with van der Waals surface area (Å²) in [5.74, 6) is 0. The van der Waals surface area contributed by atoms with Crippen LogP contribution in [0.5, 0.6) is 0 Å². The molecule has 0 aliphatic carbocycles. The highest BCUT2D eigenvalue weighted by molar-refractivity contribution is 6.99. The first-order chi connectivity index (χ1) is 17.9. The van der Waals surface area contributed by atoms with Gasteiger partial charge in [-0.2, -0.15) is 0 Å². The summed E-state index contributed by atoms with van der Waals surface area (Å²) in [4.78, 5) is 15.7. The standard InChI is InChI=1S/C33H43NO2Si/c1-5-6-7-8-9-12-20-30(26-25-28-18-17-19-29(27-35)34-28)36-37(33(2,3)4,31-21-13-10-14-22-31)32-23-15-11-16-24-32/h10-11,13-19,21-27,30H,5-9,12,20H2,1-4H3/b26-25+. The fraction of sp³-hybridized carbons (Fsp3) is 0.394. The molecular formula is C33H43NO2Si. The average Bonchev–Trinajstić information content (AvgIpc) is 2.92. The maximum absolute atomic E-state index is 11.3. The molecule has 1 atom stereocenters. The number of nitrogens with zero attached hydrogens (tertiary/aromatic N) is 1. The third kappa shape index (κ3) is 7.83. The van der Waals surface area contributed by atoms with Gasteiger partial charge in [0.15, 0.2) is 6.29 Å². The zero-order chi connectivity index (χ0) is 26.6. The van der Waals surface area contributed by atoms with Gasteiger partial charge in [-0.1, -0.05) is 139 Å². The Morgan fingerprint density at radius 1 is 0.784 bits per heavy atom. The van der Waals surface area contributed by atoms with Gasteiger partial charge in [0.2, 0.25) is 0 Å². The SMILES string of the molecule is CCCCCCCCC(/C=C/c1cccc(C=O)n1)O[Si](c1ccccc1)(c1ccccc1)C(C)(C)C. The van der Waals surface area contributed by atoms with Gasteiger partial charge in [0.1, 0.15) is 5.69 Å². The molecule has 0 amide bonds. The van der Waals surface area contributed by atoms with Crippen LogP contribution < -0.4 is 10.4 Å². The summed E-state index contributed by atoms with van der Waals surface area (Å²) < 4.78 is 7.44. The highest BCUT2D eigenvalue weighted by atomic mass is 28.4. The number of unbranched alkanes of at least 4 members (excludes halogenated alkanes) is 5. The molecule has 37 heavy (non-hydrogen) atoms. The summed E-state index contributed by atoms with van der Waals surface area (Å²) in [7, 11) is -2.68. The van der Waals surface area contributed by atoms with Gasteiger partial charge in [-0.3, -0.25) is 4.79 Å². The normalized spacial score (nSPS) is 13.1. The van der Waals surface area contributed by atoms with Crippen LogP contribution in [0.3, 0.4) is 0 Å². The van der Waals surface area contributed by atoms with E-state index in [2.05, 4.69) is 99.4 Å². The molecule has 0 aliphatic heterocycles. The van der Waals surface area contributed by atoms with E-state index in [-0.39, 0.29) is 11.1 Å². The van der Waals surface area contributed by atoms with E-state index in [1.54, 1.807) is 6.07 Å².